The van der Waals surface area contributed by atoms with Gasteiger partial charge in [-0.1, -0.05) is 24.3 Å². The summed E-state index contributed by atoms with van der Waals surface area (Å²) < 4.78 is 158. The lowest BCUT2D eigenvalue weighted by Gasteiger charge is -2.26. The van der Waals surface area contributed by atoms with Crippen LogP contribution in [0.4, 0.5) is 52.7 Å². The van der Waals surface area contributed by atoms with Crippen LogP contribution >= 0.6 is 0 Å². The van der Waals surface area contributed by atoms with E-state index in [1.54, 1.807) is 0 Å². The van der Waals surface area contributed by atoms with Gasteiger partial charge in [0.1, 0.15) is 0 Å². The largest absolute Gasteiger partial charge is 0.417 e. The minimum Gasteiger partial charge on any atom is -0.166 e. The molecule has 0 unspecified atom stereocenters. The molecule has 0 amide bonds. The average Bonchev–Trinajstić information content (AvgIpc) is 2.40. The van der Waals surface area contributed by atoms with Gasteiger partial charge in [0.15, 0.2) is 0 Å². The van der Waals surface area contributed by atoms with Crippen molar-refractivity contribution >= 4 is 10.8 Å². The Morgan fingerprint density at radius 3 is 0.808 bits per heavy atom. The van der Waals surface area contributed by atoms with Crippen LogP contribution in [0.3, 0.4) is 0 Å². The summed E-state index contributed by atoms with van der Waals surface area (Å²) in [6.07, 6.45) is -24.7. The first kappa shape index (κ1) is 20.2. The van der Waals surface area contributed by atoms with Gasteiger partial charge in [0, 0.05) is 0 Å². The Labute approximate surface area is 136 Å². The van der Waals surface area contributed by atoms with Crippen LogP contribution in [0.1, 0.15) is 22.3 Å². The van der Waals surface area contributed by atoms with Crippen LogP contribution in [0.25, 0.3) is 10.8 Å². The molecule has 144 valence electrons. The van der Waals surface area contributed by atoms with Crippen molar-refractivity contribution in [3.8, 4) is 0 Å². The lowest BCUT2D eigenvalue weighted by atomic mass is 9.87. The Balaban J connectivity index is 3.34. The van der Waals surface area contributed by atoms with Crippen molar-refractivity contribution in [3.05, 3.63) is 46.5 Å². The molecule has 0 atom stereocenters. The van der Waals surface area contributed by atoms with Gasteiger partial charge in [-0.05, 0) is 10.8 Å². The van der Waals surface area contributed by atoms with Gasteiger partial charge in [-0.15, -0.1) is 0 Å². The highest BCUT2D eigenvalue weighted by Crippen LogP contribution is 2.54. The van der Waals surface area contributed by atoms with E-state index in [-0.39, 0.29) is 12.1 Å². The van der Waals surface area contributed by atoms with Gasteiger partial charge in [0.25, 0.3) is 0 Å². The summed E-state index contributed by atoms with van der Waals surface area (Å²) in [7, 11) is 0. The number of alkyl halides is 12. The van der Waals surface area contributed by atoms with E-state index in [4.69, 9.17) is 0 Å². The molecule has 0 N–H and O–H groups in total. The second-order valence-electron chi connectivity index (χ2n) is 5.04. The zero-order chi connectivity index (χ0) is 20.3. The number of hydrogen-bond acceptors (Lipinski definition) is 0. The highest BCUT2D eigenvalue weighted by molar-refractivity contribution is 5.92. The van der Waals surface area contributed by atoms with E-state index in [2.05, 4.69) is 0 Å². The Morgan fingerprint density at radius 2 is 0.615 bits per heavy atom. The summed E-state index contributed by atoms with van der Waals surface area (Å²) in [6.45, 7) is 0. The zero-order valence-electron chi connectivity index (χ0n) is 11.8. The summed E-state index contributed by atoms with van der Waals surface area (Å²) in [6, 6.07) is 1.88. The molecule has 2 rings (SSSR count). The predicted molar refractivity (Wildman–Crippen MR) is 64.0 cm³/mol. The summed E-state index contributed by atoms with van der Waals surface area (Å²) in [4.78, 5) is 0. The summed E-state index contributed by atoms with van der Waals surface area (Å²) in [5.74, 6) is 0. The van der Waals surface area contributed by atoms with Crippen LogP contribution in [0.5, 0.6) is 0 Å². The Kier molecular flexibility index (Phi) is 4.41. The molecule has 0 aliphatic carbocycles. The van der Waals surface area contributed by atoms with Crippen molar-refractivity contribution in [3.63, 3.8) is 0 Å². The lowest BCUT2D eigenvalue weighted by Crippen LogP contribution is -2.28. The number of benzene rings is 2. The van der Waals surface area contributed by atoms with E-state index in [1.165, 1.54) is 0 Å². The first-order valence-corrected chi connectivity index (χ1v) is 6.35. The summed E-state index contributed by atoms with van der Waals surface area (Å²) >= 11 is 0. The lowest BCUT2D eigenvalue weighted by molar-refractivity contribution is -0.181. The van der Waals surface area contributed by atoms with E-state index < -0.39 is 57.7 Å². The maximum atomic E-state index is 13.2. The topological polar surface area (TPSA) is 0 Å². The fourth-order valence-corrected chi connectivity index (χ4v) is 2.59. The fraction of sp³-hybridized carbons (Fsp3) is 0.286. The Morgan fingerprint density at radius 1 is 0.385 bits per heavy atom. The Bertz CT molecular complexity index is 762. The van der Waals surface area contributed by atoms with Gasteiger partial charge in [0.2, 0.25) is 0 Å². The number of fused-ring (bicyclic) bond motifs is 1. The third-order valence-electron chi connectivity index (χ3n) is 3.35. The van der Waals surface area contributed by atoms with Gasteiger partial charge in [-0.2, -0.15) is 52.7 Å². The van der Waals surface area contributed by atoms with Gasteiger partial charge in [-0.3, -0.25) is 0 Å². The zero-order valence-corrected chi connectivity index (χ0v) is 11.8. The molecule has 2 aromatic rings. The van der Waals surface area contributed by atoms with Crippen molar-refractivity contribution in [2.75, 3.05) is 0 Å². The van der Waals surface area contributed by atoms with E-state index in [1.807, 2.05) is 0 Å². The minimum atomic E-state index is -6.35. The second-order valence-corrected chi connectivity index (χ2v) is 5.04. The number of halogens is 12. The highest BCUT2D eigenvalue weighted by atomic mass is 19.4. The van der Waals surface area contributed by atoms with Gasteiger partial charge in [-0.25, -0.2) is 0 Å². The molecule has 2 aromatic carbocycles. The van der Waals surface area contributed by atoms with E-state index >= 15 is 0 Å². The standard InChI is InChI=1S/C14H4F12/c15-11(16,17)7-5-3-1-2-4-6(5)8(12(18,19)20)10(14(24,25)26)9(7)13(21,22)23/h1-4H. The third kappa shape index (κ3) is 3.40. The van der Waals surface area contributed by atoms with Crippen LogP contribution in [0.15, 0.2) is 24.3 Å². The molecule has 0 aliphatic rings. The molecule has 0 nitrogen and oxygen atoms in total. The third-order valence-corrected chi connectivity index (χ3v) is 3.35. The molecule has 0 bridgehead atoms. The molecule has 12 heteroatoms. The molecule has 0 fully saturated rings. The van der Waals surface area contributed by atoms with Crippen molar-refractivity contribution in [1.82, 2.24) is 0 Å². The van der Waals surface area contributed by atoms with Gasteiger partial charge >= 0.3 is 24.7 Å². The molecule has 0 aliphatic heterocycles. The minimum absolute atomic E-state index is 0.253. The molecule has 0 saturated heterocycles. The first-order valence-electron chi connectivity index (χ1n) is 6.35. The maximum Gasteiger partial charge on any atom is 0.417 e. The number of hydrogen-bond donors (Lipinski definition) is 0. The van der Waals surface area contributed by atoms with Gasteiger partial charge < -0.3 is 0 Å². The predicted octanol–water partition coefficient (Wildman–Crippen LogP) is 6.92. The quantitative estimate of drug-likeness (QED) is 0.422. The average molecular weight is 400 g/mol. The van der Waals surface area contributed by atoms with Crippen LogP contribution in [0.2, 0.25) is 0 Å². The monoisotopic (exact) mass is 400 g/mol. The van der Waals surface area contributed by atoms with Crippen LogP contribution in [0, 0.1) is 0 Å². The molecule has 0 radical (unpaired) electrons. The smallest absolute Gasteiger partial charge is 0.166 e. The summed E-state index contributed by atoms with van der Waals surface area (Å²) in [5, 5.41) is -3.26. The normalized spacial score (nSPS) is 14.2. The molecule has 0 heterocycles. The van der Waals surface area contributed by atoms with Crippen LogP contribution in [-0.4, -0.2) is 0 Å². The van der Waals surface area contributed by atoms with Crippen molar-refractivity contribution in [2.24, 2.45) is 0 Å². The van der Waals surface area contributed by atoms with Crippen LogP contribution in [-0.2, 0) is 24.7 Å². The SMILES string of the molecule is FC(F)(F)c1c(C(F)(F)F)c(C(F)(F)F)c2ccccc2c1C(F)(F)F. The second kappa shape index (κ2) is 5.68. The fourth-order valence-electron chi connectivity index (χ4n) is 2.59. The molecular weight excluding hydrogens is 396 g/mol. The number of rotatable bonds is 0. The molecule has 0 spiro atoms. The van der Waals surface area contributed by atoms with Crippen molar-refractivity contribution in [1.29, 1.82) is 0 Å². The Hall–Kier alpha value is -2.14. The van der Waals surface area contributed by atoms with Crippen molar-refractivity contribution < 1.29 is 52.7 Å². The van der Waals surface area contributed by atoms with E-state index in [0.29, 0.717) is 12.1 Å². The molecule has 0 saturated carbocycles. The van der Waals surface area contributed by atoms with E-state index in [9.17, 15) is 52.7 Å². The van der Waals surface area contributed by atoms with Gasteiger partial charge in [0.05, 0.1) is 22.3 Å². The molecule has 26 heavy (non-hydrogen) atoms. The van der Waals surface area contributed by atoms with Crippen molar-refractivity contribution in [2.45, 2.75) is 24.7 Å². The van der Waals surface area contributed by atoms with E-state index in [0.717, 1.165) is 0 Å². The molecular formula is C14H4F12. The molecule has 0 aromatic heterocycles. The highest BCUT2D eigenvalue weighted by Gasteiger charge is 2.56. The summed E-state index contributed by atoms with van der Waals surface area (Å²) in [5.41, 5.74) is -12.5. The first-order chi connectivity index (χ1) is 11.5. The maximum absolute atomic E-state index is 13.2. The van der Waals surface area contributed by atoms with Crippen LogP contribution < -0.4 is 0 Å².